The van der Waals surface area contributed by atoms with Crippen LogP contribution < -0.4 is 9.92 Å². The van der Waals surface area contributed by atoms with E-state index in [0.717, 1.165) is 17.7 Å². The van der Waals surface area contributed by atoms with Crippen molar-refractivity contribution in [2.45, 2.75) is 65.1 Å². The zero-order valence-electron chi connectivity index (χ0n) is 21.2. The Labute approximate surface area is 205 Å². The van der Waals surface area contributed by atoms with Gasteiger partial charge in [0.25, 0.3) is 0 Å². The van der Waals surface area contributed by atoms with Crippen LogP contribution in [0.3, 0.4) is 0 Å². The highest BCUT2D eigenvalue weighted by molar-refractivity contribution is 6.89. The predicted molar refractivity (Wildman–Crippen MR) is 139 cm³/mol. The molecule has 2 aromatic carbocycles. The molecule has 0 aliphatic carbocycles. The second kappa shape index (κ2) is 14.6. The number of rotatable bonds is 15. The van der Waals surface area contributed by atoms with Crippen molar-refractivity contribution in [1.29, 1.82) is 0 Å². The standard InChI is InChI=1S/C28H40O5Si/c1-5-31-27(29)26(28(30)32-6-2)20-17-23-15-18-24(19-16-23)33-21-11-8-12-22-34(3,4)25-13-9-7-10-14-25/h7,9-10,13-16,18-19,26H,5-6,8,11-12,17,20-22H2,1-4H3. The summed E-state index contributed by atoms with van der Waals surface area (Å²) in [7, 11) is -1.35. The number of carbonyl (C=O) groups excluding carboxylic acids is 2. The largest absolute Gasteiger partial charge is 0.494 e. The lowest BCUT2D eigenvalue weighted by Crippen LogP contribution is -2.40. The normalized spacial score (nSPS) is 11.3. The van der Waals surface area contributed by atoms with Crippen LogP contribution in [0.2, 0.25) is 19.1 Å². The quantitative estimate of drug-likeness (QED) is 0.144. The average molecular weight is 485 g/mol. The summed E-state index contributed by atoms with van der Waals surface area (Å²) in [6.07, 6.45) is 4.40. The minimum Gasteiger partial charge on any atom is -0.494 e. The van der Waals surface area contributed by atoms with Gasteiger partial charge in [0.1, 0.15) is 5.75 Å². The van der Waals surface area contributed by atoms with E-state index in [2.05, 4.69) is 43.4 Å². The first kappa shape index (κ1) is 27.6. The van der Waals surface area contributed by atoms with Crippen LogP contribution in [0.15, 0.2) is 54.6 Å². The molecule has 0 N–H and O–H groups in total. The number of hydrogen-bond donors (Lipinski definition) is 0. The summed E-state index contributed by atoms with van der Waals surface area (Å²) in [6.45, 7) is 9.55. The highest BCUT2D eigenvalue weighted by Gasteiger charge is 2.29. The Morgan fingerprint density at radius 2 is 1.44 bits per heavy atom. The van der Waals surface area contributed by atoms with Crippen LogP contribution >= 0.6 is 0 Å². The lowest BCUT2D eigenvalue weighted by atomic mass is 9.99. The molecule has 34 heavy (non-hydrogen) atoms. The van der Waals surface area contributed by atoms with E-state index >= 15 is 0 Å². The van der Waals surface area contributed by atoms with Gasteiger partial charge in [0.05, 0.1) is 27.9 Å². The molecule has 0 amide bonds. The Balaban J connectivity index is 1.71. The Bertz CT molecular complexity index is 846. The zero-order valence-corrected chi connectivity index (χ0v) is 22.2. The van der Waals surface area contributed by atoms with E-state index in [1.54, 1.807) is 13.8 Å². The summed E-state index contributed by atoms with van der Waals surface area (Å²) < 4.78 is 16.0. The second-order valence-electron chi connectivity index (χ2n) is 9.15. The van der Waals surface area contributed by atoms with Crippen molar-refractivity contribution in [3.05, 3.63) is 60.2 Å². The molecule has 0 radical (unpaired) electrons. The summed E-state index contributed by atoms with van der Waals surface area (Å²) in [5, 5.41) is 1.53. The Morgan fingerprint density at radius 3 is 2.03 bits per heavy atom. The molecule has 0 heterocycles. The smallest absolute Gasteiger partial charge is 0.320 e. The van der Waals surface area contributed by atoms with Crippen molar-refractivity contribution in [3.63, 3.8) is 0 Å². The van der Waals surface area contributed by atoms with Crippen LogP contribution in [-0.4, -0.2) is 39.8 Å². The minimum absolute atomic E-state index is 0.244. The molecule has 0 aliphatic heterocycles. The number of ether oxygens (including phenoxy) is 3. The molecule has 0 spiro atoms. The monoisotopic (exact) mass is 484 g/mol. The lowest BCUT2D eigenvalue weighted by Gasteiger charge is -2.22. The molecule has 6 heteroatoms. The average Bonchev–Trinajstić information content (AvgIpc) is 2.83. The molecule has 0 saturated heterocycles. The Morgan fingerprint density at radius 1 is 0.824 bits per heavy atom. The molecule has 2 aromatic rings. The van der Waals surface area contributed by atoms with Crippen molar-refractivity contribution >= 4 is 25.2 Å². The first-order valence-corrected chi connectivity index (χ1v) is 15.7. The summed E-state index contributed by atoms with van der Waals surface area (Å²) in [5.41, 5.74) is 1.04. The molecule has 0 saturated carbocycles. The molecule has 186 valence electrons. The molecule has 0 atom stereocenters. The maximum Gasteiger partial charge on any atom is 0.320 e. The van der Waals surface area contributed by atoms with Crippen LogP contribution in [-0.2, 0) is 25.5 Å². The van der Waals surface area contributed by atoms with E-state index in [-0.39, 0.29) is 13.2 Å². The number of benzene rings is 2. The third-order valence-electron chi connectivity index (χ3n) is 6.06. The fourth-order valence-corrected chi connectivity index (χ4v) is 6.47. The van der Waals surface area contributed by atoms with E-state index < -0.39 is 25.9 Å². The Hall–Kier alpha value is -2.60. The molecule has 0 unspecified atom stereocenters. The highest BCUT2D eigenvalue weighted by Crippen LogP contribution is 2.19. The van der Waals surface area contributed by atoms with Gasteiger partial charge in [-0.1, -0.05) is 79.6 Å². The van der Waals surface area contributed by atoms with Crippen LogP contribution in [0, 0.1) is 5.92 Å². The lowest BCUT2D eigenvalue weighted by molar-refractivity contribution is -0.161. The van der Waals surface area contributed by atoms with Gasteiger partial charge in [-0.05, 0) is 50.8 Å². The molecule has 0 bridgehead atoms. The van der Waals surface area contributed by atoms with Gasteiger partial charge >= 0.3 is 11.9 Å². The first-order chi connectivity index (χ1) is 16.4. The number of esters is 2. The maximum atomic E-state index is 12.1. The number of carbonyl (C=O) groups is 2. The van der Waals surface area contributed by atoms with E-state index in [9.17, 15) is 9.59 Å². The fraction of sp³-hybridized carbons (Fsp3) is 0.500. The van der Waals surface area contributed by atoms with Gasteiger partial charge in [-0.3, -0.25) is 9.59 Å². The van der Waals surface area contributed by atoms with Crippen molar-refractivity contribution in [2.24, 2.45) is 5.92 Å². The van der Waals surface area contributed by atoms with Crippen LogP contribution in [0.25, 0.3) is 0 Å². The van der Waals surface area contributed by atoms with Crippen LogP contribution in [0.1, 0.15) is 45.1 Å². The van der Waals surface area contributed by atoms with Gasteiger partial charge in [-0.25, -0.2) is 0 Å². The van der Waals surface area contributed by atoms with Gasteiger partial charge in [-0.15, -0.1) is 0 Å². The van der Waals surface area contributed by atoms with Gasteiger partial charge < -0.3 is 14.2 Å². The maximum absolute atomic E-state index is 12.1. The molecule has 0 aromatic heterocycles. The Kier molecular flexibility index (Phi) is 11.9. The van der Waals surface area contributed by atoms with E-state index in [1.165, 1.54) is 24.1 Å². The molecule has 0 aliphatic rings. The van der Waals surface area contributed by atoms with Crippen LogP contribution in [0.4, 0.5) is 0 Å². The summed E-state index contributed by atoms with van der Waals surface area (Å²) in [6, 6.07) is 20.1. The molecule has 5 nitrogen and oxygen atoms in total. The summed E-state index contributed by atoms with van der Waals surface area (Å²) in [4.78, 5) is 24.2. The minimum atomic E-state index is -1.35. The zero-order chi connectivity index (χ0) is 24.8. The third kappa shape index (κ3) is 9.33. The van der Waals surface area contributed by atoms with Crippen molar-refractivity contribution < 1.29 is 23.8 Å². The van der Waals surface area contributed by atoms with E-state index in [0.29, 0.717) is 19.4 Å². The number of aryl methyl sites for hydroxylation is 1. The fourth-order valence-electron chi connectivity index (χ4n) is 3.95. The summed E-state index contributed by atoms with van der Waals surface area (Å²) in [5.74, 6) is -1.08. The number of unbranched alkanes of at least 4 members (excludes halogenated alkanes) is 2. The van der Waals surface area contributed by atoms with Gasteiger partial charge in [0.15, 0.2) is 5.92 Å². The molecule has 2 rings (SSSR count). The molecular formula is C28H40O5Si. The van der Waals surface area contributed by atoms with Gasteiger partial charge in [0.2, 0.25) is 0 Å². The van der Waals surface area contributed by atoms with Gasteiger partial charge in [0, 0.05) is 0 Å². The molecular weight excluding hydrogens is 444 g/mol. The third-order valence-corrected chi connectivity index (χ3v) is 9.56. The first-order valence-electron chi connectivity index (χ1n) is 12.5. The summed E-state index contributed by atoms with van der Waals surface area (Å²) >= 11 is 0. The van der Waals surface area contributed by atoms with E-state index in [1.807, 2.05) is 24.3 Å². The van der Waals surface area contributed by atoms with Gasteiger partial charge in [-0.2, -0.15) is 0 Å². The van der Waals surface area contributed by atoms with Crippen molar-refractivity contribution in [3.8, 4) is 5.75 Å². The van der Waals surface area contributed by atoms with E-state index in [4.69, 9.17) is 14.2 Å². The molecule has 0 fully saturated rings. The predicted octanol–water partition coefficient (Wildman–Crippen LogP) is 5.53. The van der Waals surface area contributed by atoms with Crippen molar-refractivity contribution in [2.75, 3.05) is 19.8 Å². The van der Waals surface area contributed by atoms with Crippen molar-refractivity contribution in [1.82, 2.24) is 0 Å². The highest BCUT2D eigenvalue weighted by atomic mass is 28.3. The topological polar surface area (TPSA) is 61.8 Å². The second-order valence-corrected chi connectivity index (χ2v) is 14.0. The number of hydrogen-bond acceptors (Lipinski definition) is 5. The van der Waals surface area contributed by atoms with Crippen LogP contribution in [0.5, 0.6) is 5.75 Å². The SMILES string of the molecule is CCOC(=O)C(CCc1ccc(OCCCCC[Si](C)(C)c2ccccc2)cc1)C(=O)OCC.